The van der Waals surface area contributed by atoms with Gasteiger partial charge in [-0.3, -0.25) is 9.59 Å². The minimum atomic E-state index is -1.24. The van der Waals surface area contributed by atoms with Crippen LogP contribution in [0.15, 0.2) is 60.7 Å². The van der Waals surface area contributed by atoms with Crippen molar-refractivity contribution in [1.82, 2.24) is 31.5 Å². The Hall–Kier alpha value is -5.34. The zero-order chi connectivity index (χ0) is 42.1. The number of likely N-dealkylation sites (N-methyl/N-ethyl adjacent to an activating group) is 1. The molecule has 4 atom stereocenters. The molecule has 2 rings (SSSR count). The lowest BCUT2D eigenvalue weighted by molar-refractivity contribution is -0.142. The average Bonchev–Trinajstić information content (AvgIpc) is 3.09. The lowest BCUT2D eigenvalue weighted by Crippen LogP contribution is -2.57. The molecule has 0 saturated heterocycles. The third-order valence-corrected chi connectivity index (χ3v) is 8.25. The number of carboxylic acid groups (broad SMARTS) is 1. The lowest BCUT2D eigenvalue weighted by atomic mass is 10.00. The Labute approximate surface area is 331 Å². The summed E-state index contributed by atoms with van der Waals surface area (Å²) in [7, 11) is 1.55. The molecule has 56 heavy (non-hydrogen) atoms. The van der Waals surface area contributed by atoms with Crippen LogP contribution in [0, 0.1) is 5.92 Å². The number of amides is 6. The zero-order valence-corrected chi connectivity index (χ0v) is 34.3. The topological polar surface area (TPSA) is 204 Å². The Bertz CT molecular complexity index is 1580. The van der Waals surface area contributed by atoms with Gasteiger partial charge >= 0.3 is 24.2 Å². The summed E-state index contributed by atoms with van der Waals surface area (Å²) in [6, 6.07) is 13.4. The Balaban J connectivity index is 2.23. The molecule has 0 aliphatic carbocycles. The van der Waals surface area contributed by atoms with Gasteiger partial charge in [0, 0.05) is 26.6 Å². The second kappa shape index (κ2) is 22.3. The molecule has 15 heteroatoms. The highest BCUT2D eigenvalue weighted by Crippen LogP contribution is 2.20. The number of alkyl carbamates (subject to hydrolysis) is 2. The van der Waals surface area contributed by atoms with Crippen LogP contribution in [0.1, 0.15) is 98.2 Å². The first-order valence-electron chi connectivity index (χ1n) is 19.0. The van der Waals surface area contributed by atoms with Crippen LogP contribution in [0.25, 0.3) is 0 Å². The van der Waals surface area contributed by atoms with Crippen molar-refractivity contribution >= 4 is 36.0 Å². The molecule has 0 radical (unpaired) electrons. The van der Waals surface area contributed by atoms with E-state index in [0.717, 1.165) is 11.1 Å². The third kappa shape index (κ3) is 18.3. The summed E-state index contributed by atoms with van der Waals surface area (Å²) < 4.78 is 10.6. The van der Waals surface area contributed by atoms with Gasteiger partial charge in [-0.15, -0.1) is 0 Å². The molecule has 0 bridgehead atoms. The van der Waals surface area contributed by atoms with Crippen molar-refractivity contribution in [2.75, 3.05) is 20.1 Å². The van der Waals surface area contributed by atoms with Crippen LogP contribution in [0.3, 0.4) is 0 Å². The first kappa shape index (κ1) is 46.8. The predicted octanol–water partition coefficient (Wildman–Crippen LogP) is 5.30. The van der Waals surface area contributed by atoms with E-state index in [1.807, 2.05) is 62.4 Å². The van der Waals surface area contributed by atoms with Crippen LogP contribution in [0.4, 0.5) is 14.4 Å². The Kier molecular flexibility index (Phi) is 18.6. The molecule has 0 spiro atoms. The SMILES string of the molecule is CC(C)CC(NC(=O)C(Cc1ccccc1)NC(=O)N(C)C(CNC(=O)OC(C)(C)C)c1ccccc1)C(=O)NC(CCCCNC(=O)OC(C)(C)C)C(=O)O. The van der Waals surface area contributed by atoms with Crippen molar-refractivity contribution < 1.29 is 43.3 Å². The Morgan fingerprint density at radius 3 is 1.75 bits per heavy atom. The van der Waals surface area contributed by atoms with Crippen molar-refractivity contribution in [1.29, 1.82) is 0 Å². The number of carboxylic acids is 1. The number of aliphatic carboxylic acids is 1. The van der Waals surface area contributed by atoms with Crippen molar-refractivity contribution in [3.05, 3.63) is 71.8 Å². The number of rotatable bonds is 19. The minimum absolute atomic E-state index is 0.0139. The molecule has 6 N–H and O–H groups in total. The summed E-state index contributed by atoms with van der Waals surface area (Å²) in [6.07, 6.45) is -0.0295. The van der Waals surface area contributed by atoms with Crippen molar-refractivity contribution in [2.45, 2.75) is 123 Å². The zero-order valence-electron chi connectivity index (χ0n) is 34.3. The van der Waals surface area contributed by atoms with E-state index in [1.165, 1.54) is 4.90 Å². The third-order valence-electron chi connectivity index (χ3n) is 8.25. The number of benzene rings is 2. The molecule has 4 unspecified atom stereocenters. The largest absolute Gasteiger partial charge is 0.480 e. The summed E-state index contributed by atoms with van der Waals surface area (Å²) in [5, 5.41) is 23.4. The molecular weight excluding hydrogens is 720 g/mol. The molecule has 2 aromatic rings. The van der Waals surface area contributed by atoms with Crippen LogP contribution in [-0.2, 0) is 30.3 Å². The summed E-state index contributed by atoms with van der Waals surface area (Å²) in [5.74, 6) is -2.62. The summed E-state index contributed by atoms with van der Waals surface area (Å²) >= 11 is 0. The van der Waals surface area contributed by atoms with Gasteiger partial charge in [-0.05, 0) is 84.3 Å². The quantitative estimate of drug-likeness (QED) is 0.102. The molecule has 0 aromatic heterocycles. The number of nitrogens with one attached hydrogen (secondary N) is 5. The molecular formula is C41H62N6O9. The van der Waals surface area contributed by atoms with Crippen molar-refractivity contribution in [3.63, 3.8) is 0 Å². The van der Waals surface area contributed by atoms with Gasteiger partial charge in [0.05, 0.1) is 6.04 Å². The van der Waals surface area contributed by atoms with E-state index in [-0.39, 0.29) is 38.3 Å². The van der Waals surface area contributed by atoms with Crippen LogP contribution >= 0.6 is 0 Å². The summed E-state index contributed by atoms with van der Waals surface area (Å²) in [5.41, 5.74) is 0.0984. The fourth-order valence-electron chi connectivity index (χ4n) is 5.58. The number of unbranched alkanes of at least 4 members (excludes halogenated alkanes) is 1. The summed E-state index contributed by atoms with van der Waals surface area (Å²) in [4.78, 5) is 79.6. The molecule has 0 aliphatic heterocycles. The number of nitrogens with zero attached hydrogens (tertiary/aromatic N) is 1. The Morgan fingerprint density at radius 1 is 0.696 bits per heavy atom. The standard InChI is InChI=1S/C41H62N6O9/c1-27(2)24-31(34(48)44-30(36(50)51)22-16-17-23-42-38(53)55-40(3,4)5)45-35(49)32(25-28-18-12-10-13-19-28)46-37(52)47(9)33(29-20-14-11-15-21-29)26-43-39(54)56-41(6,7)8/h10-15,18-21,27,30-33H,16-17,22-26H2,1-9H3,(H,42,53)(H,43,54)(H,44,48)(H,45,49)(H,46,52)(H,50,51). The van der Waals surface area contributed by atoms with E-state index in [2.05, 4.69) is 26.6 Å². The number of ether oxygens (including phenoxy) is 2. The molecule has 2 aromatic carbocycles. The van der Waals surface area contributed by atoms with Gasteiger partial charge < -0.3 is 46.1 Å². The molecule has 0 saturated carbocycles. The molecule has 0 aliphatic rings. The van der Waals surface area contributed by atoms with Crippen LogP contribution in [0.2, 0.25) is 0 Å². The summed E-state index contributed by atoms with van der Waals surface area (Å²) in [6.45, 7) is 14.5. The van der Waals surface area contributed by atoms with Crippen LogP contribution < -0.4 is 26.6 Å². The highest BCUT2D eigenvalue weighted by molar-refractivity contribution is 5.93. The van der Waals surface area contributed by atoms with Gasteiger partial charge in [0.25, 0.3) is 0 Å². The monoisotopic (exact) mass is 782 g/mol. The molecule has 15 nitrogen and oxygen atoms in total. The highest BCUT2D eigenvalue weighted by Gasteiger charge is 2.32. The first-order chi connectivity index (χ1) is 26.1. The lowest BCUT2D eigenvalue weighted by Gasteiger charge is -2.31. The maximum atomic E-state index is 14.0. The van der Waals surface area contributed by atoms with Gasteiger partial charge in [-0.2, -0.15) is 0 Å². The van der Waals surface area contributed by atoms with Crippen molar-refractivity contribution in [3.8, 4) is 0 Å². The van der Waals surface area contributed by atoms with Gasteiger partial charge in [0.2, 0.25) is 11.8 Å². The second-order valence-corrected chi connectivity index (χ2v) is 16.1. The number of urea groups is 1. The number of hydrogen-bond acceptors (Lipinski definition) is 8. The number of carbonyl (C=O) groups is 6. The fraction of sp³-hybridized carbons (Fsp3) is 0.561. The maximum absolute atomic E-state index is 14.0. The second-order valence-electron chi connectivity index (χ2n) is 16.1. The molecule has 310 valence electrons. The van der Waals surface area contributed by atoms with E-state index in [0.29, 0.717) is 12.8 Å². The van der Waals surface area contributed by atoms with E-state index in [9.17, 15) is 33.9 Å². The van der Waals surface area contributed by atoms with Crippen LogP contribution in [0.5, 0.6) is 0 Å². The van der Waals surface area contributed by atoms with E-state index >= 15 is 0 Å². The first-order valence-corrected chi connectivity index (χ1v) is 19.0. The van der Waals surface area contributed by atoms with Crippen molar-refractivity contribution in [2.24, 2.45) is 5.92 Å². The average molecular weight is 783 g/mol. The van der Waals surface area contributed by atoms with Gasteiger partial charge in [-0.1, -0.05) is 74.5 Å². The van der Waals surface area contributed by atoms with E-state index in [4.69, 9.17) is 9.47 Å². The number of carbonyl (C=O) groups excluding carboxylic acids is 5. The minimum Gasteiger partial charge on any atom is -0.480 e. The predicted molar refractivity (Wildman–Crippen MR) is 213 cm³/mol. The molecule has 0 fully saturated rings. The highest BCUT2D eigenvalue weighted by atomic mass is 16.6. The van der Waals surface area contributed by atoms with E-state index < -0.39 is 71.4 Å². The smallest absolute Gasteiger partial charge is 0.407 e. The normalized spacial score (nSPS) is 13.6. The van der Waals surface area contributed by atoms with Gasteiger partial charge in [0.15, 0.2) is 0 Å². The number of hydrogen-bond donors (Lipinski definition) is 6. The van der Waals surface area contributed by atoms with E-state index in [1.54, 1.807) is 60.7 Å². The van der Waals surface area contributed by atoms with Gasteiger partial charge in [0.1, 0.15) is 29.3 Å². The fourth-order valence-corrected chi connectivity index (χ4v) is 5.58. The molecule has 0 heterocycles. The Morgan fingerprint density at radius 2 is 1.21 bits per heavy atom. The molecule has 6 amide bonds. The van der Waals surface area contributed by atoms with Gasteiger partial charge in [-0.25, -0.2) is 19.2 Å². The van der Waals surface area contributed by atoms with Crippen LogP contribution in [-0.4, -0.2) is 95.5 Å². The maximum Gasteiger partial charge on any atom is 0.407 e.